The standard InChI is InChI=1S/C23H39N3S/c1-4-5-6-7-8-9-10-11-12-13-14-18-21-24-25-23(27)26(21)22-19(2)16-15-17-20(22)3/h15-17,23,25,27H,4-14,18H2,1-3H3. The van der Waals surface area contributed by atoms with Crippen molar-refractivity contribution in [1.29, 1.82) is 0 Å². The molecule has 0 amide bonds. The second kappa shape index (κ2) is 12.3. The number of aryl methyl sites for hydroxylation is 2. The van der Waals surface area contributed by atoms with Crippen molar-refractivity contribution in [3.8, 4) is 0 Å². The van der Waals surface area contributed by atoms with E-state index in [1.54, 1.807) is 0 Å². The molecule has 1 aliphatic heterocycles. The van der Waals surface area contributed by atoms with Crippen molar-refractivity contribution in [2.75, 3.05) is 4.90 Å². The molecule has 1 heterocycles. The molecule has 1 N–H and O–H groups in total. The fourth-order valence-corrected chi connectivity index (χ4v) is 4.25. The third kappa shape index (κ3) is 7.06. The lowest BCUT2D eigenvalue weighted by Crippen LogP contribution is -2.37. The largest absolute Gasteiger partial charge is 0.297 e. The van der Waals surface area contributed by atoms with E-state index < -0.39 is 0 Å². The first-order valence-electron chi connectivity index (χ1n) is 11.0. The van der Waals surface area contributed by atoms with Crippen molar-refractivity contribution in [2.24, 2.45) is 5.10 Å². The van der Waals surface area contributed by atoms with E-state index in [9.17, 15) is 0 Å². The monoisotopic (exact) mass is 389 g/mol. The summed E-state index contributed by atoms with van der Waals surface area (Å²) in [5.74, 6) is 1.13. The molecule has 0 radical (unpaired) electrons. The fraction of sp³-hybridized carbons (Fsp3) is 0.696. The maximum absolute atomic E-state index is 4.69. The van der Waals surface area contributed by atoms with Gasteiger partial charge in [0.2, 0.25) is 0 Å². The summed E-state index contributed by atoms with van der Waals surface area (Å²) in [6, 6.07) is 6.45. The van der Waals surface area contributed by atoms with E-state index in [1.807, 2.05) is 0 Å². The van der Waals surface area contributed by atoms with Crippen molar-refractivity contribution < 1.29 is 0 Å². The van der Waals surface area contributed by atoms with Crippen LogP contribution in [0.1, 0.15) is 95.1 Å². The molecule has 1 unspecified atom stereocenters. The first-order valence-corrected chi connectivity index (χ1v) is 11.5. The lowest BCUT2D eigenvalue weighted by Gasteiger charge is -2.27. The van der Waals surface area contributed by atoms with Crippen molar-refractivity contribution in [1.82, 2.24) is 5.43 Å². The normalized spacial score (nSPS) is 16.5. The van der Waals surface area contributed by atoms with Gasteiger partial charge < -0.3 is 0 Å². The molecular formula is C23H39N3S. The molecule has 1 aliphatic rings. The molecule has 1 aromatic carbocycles. The van der Waals surface area contributed by atoms with Crippen molar-refractivity contribution >= 4 is 24.2 Å². The summed E-state index contributed by atoms with van der Waals surface area (Å²) in [5.41, 5.74) is 6.90. The molecule has 1 atom stereocenters. The average molecular weight is 390 g/mol. The minimum absolute atomic E-state index is 0.0625. The Balaban J connectivity index is 1.66. The highest BCUT2D eigenvalue weighted by atomic mass is 32.1. The van der Waals surface area contributed by atoms with Gasteiger partial charge in [0.05, 0.1) is 5.69 Å². The van der Waals surface area contributed by atoms with Crippen molar-refractivity contribution in [3.63, 3.8) is 0 Å². The highest BCUT2D eigenvalue weighted by Gasteiger charge is 2.27. The molecule has 3 nitrogen and oxygen atoms in total. The van der Waals surface area contributed by atoms with E-state index in [1.165, 1.54) is 87.4 Å². The number of unbranched alkanes of at least 4 members (excludes halogenated alkanes) is 10. The van der Waals surface area contributed by atoms with Gasteiger partial charge in [-0.2, -0.15) is 5.10 Å². The summed E-state index contributed by atoms with van der Waals surface area (Å²) in [6.45, 7) is 6.62. The van der Waals surface area contributed by atoms with Crippen LogP contribution in [0.15, 0.2) is 23.3 Å². The summed E-state index contributed by atoms with van der Waals surface area (Å²) in [6.07, 6.45) is 16.1. The summed E-state index contributed by atoms with van der Waals surface area (Å²) in [5, 5.41) is 4.56. The summed E-state index contributed by atoms with van der Waals surface area (Å²) >= 11 is 4.69. The quantitative estimate of drug-likeness (QED) is 0.282. The van der Waals surface area contributed by atoms with E-state index in [2.05, 4.69) is 67.0 Å². The molecule has 0 fully saturated rings. The number of hydrogen-bond donors (Lipinski definition) is 2. The number of thiol groups is 1. The van der Waals surface area contributed by atoms with Gasteiger partial charge in [-0.1, -0.05) is 89.3 Å². The fourth-order valence-electron chi connectivity index (χ4n) is 3.95. The van der Waals surface area contributed by atoms with Crippen LogP contribution in [-0.2, 0) is 0 Å². The van der Waals surface area contributed by atoms with Crippen molar-refractivity contribution in [2.45, 2.75) is 103 Å². The van der Waals surface area contributed by atoms with Gasteiger partial charge in [-0.15, -0.1) is 12.6 Å². The van der Waals surface area contributed by atoms with E-state index >= 15 is 0 Å². The van der Waals surface area contributed by atoms with Gasteiger partial charge in [0.15, 0.2) is 5.50 Å². The maximum atomic E-state index is 4.69. The zero-order valence-electron chi connectivity index (χ0n) is 17.6. The predicted octanol–water partition coefficient (Wildman–Crippen LogP) is 6.94. The van der Waals surface area contributed by atoms with Gasteiger partial charge in [-0.25, -0.2) is 0 Å². The van der Waals surface area contributed by atoms with Crippen molar-refractivity contribution in [3.05, 3.63) is 29.3 Å². The molecule has 2 rings (SSSR count). The summed E-state index contributed by atoms with van der Waals surface area (Å²) < 4.78 is 0. The number of amidine groups is 1. The van der Waals surface area contributed by atoms with Crippen LogP contribution in [0.5, 0.6) is 0 Å². The lowest BCUT2D eigenvalue weighted by molar-refractivity contribution is 0.551. The first kappa shape index (κ1) is 22.1. The van der Waals surface area contributed by atoms with Gasteiger partial charge in [0.1, 0.15) is 5.84 Å². The number of nitrogens with one attached hydrogen (secondary N) is 1. The third-order valence-electron chi connectivity index (χ3n) is 5.52. The molecule has 152 valence electrons. The molecular weight excluding hydrogens is 350 g/mol. The molecule has 0 bridgehead atoms. The number of hydrazone groups is 1. The van der Waals surface area contributed by atoms with Crippen LogP contribution in [-0.4, -0.2) is 11.3 Å². The Labute approximate surface area is 172 Å². The van der Waals surface area contributed by atoms with Crippen LogP contribution in [0.4, 0.5) is 5.69 Å². The van der Waals surface area contributed by atoms with E-state index in [-0.39, 0.29) is 5.50 Å². The van der Waals surface area contributed by atoms with Gasteiger partial charge in [-0.3, -0.25) is 10.3 Å². The second-order valence-corrected chi connectivity index (χ2v) is 8.42. The van der Waals surface area contributed by atoms with Gasteiger partial charge >= 0.3 is 0 Å². The SMILES string of the molecule is CCCCCCCCCCCCCC1=NNC(S)N1c1c(C)cccc1C. The van der Waals surface area contributed by atoms with Crippen LogP contribution in [0, 0.1) is 13.8 Å². The highest BCUT2D eigenvalue weighted by Crippen LogP contribution is 2.30. The topological polar surface area (TPSA) is 27.6 Å². The van der Waals surface area contributed by atoms with Crippen LogP contribution in [0.2, 0.25) is 0 Å². The Morgan fingerprint density at radius 2 is 1.41 bits per heavy atom. The zero-order valence-corrected chi connectivity index (χ0v) is 18.5. The maximum Gasteiger partial charge on any atom is 0.165 e. The number of nitrogens with zero attached hydrogens (tertiary/aromatic N) is 2. The summed E-state index contributed by atoms with van der Waals surface area (Å²) in [4.78, 5) is 2.27. The number of hydrogen-bond acceptors (Lipinski definition) is 4. The molecule has 0 spiro atoms. The van der Waals surface area contributed by atoms with Crippen LogP contribution in [0.25, 0.3) is 0 Å². The number of benzene rings is 1. The van der Waals surface area contributed by atoms with E-state index in [4.69, 9.17) is 0 Å². The van der Waals surface area contributed by atoms with E-state index in [0.717, 1.165) is 12.3 Å². The number of rotatable bonds is 13. The molecule has 4 heteroatoms. The average Bonchev–Trinajstić information content (AvgIpc) is 3.00. The Hall–Kier alpha value is -1.16. The van der Waals surface area contributed by atoms with Gasteiger partial charge in [-0.05, 0) is 31.4 Å². The van der Waals surface area contributed by atoms with Crippen LogP contribution < -0.4 is 10.3 Å². The Bertz CT molecular complexity index is 565. The minimum Gasteiger partial charge on any atom is -0.297 e. The lowest BCUT2D eigenvalue weighted by atomic mass is 10.0. The predicted molar refractivity (Wildman–Crippen MR) is 123 cm³/mol. The Morgan fingerprint density at radius 3 is 1.96 bits per heavy atom. The third-order valence-corrected chi connectivity index (χ3v) is 5.86. The molecule has 0 saturated heterocycles. The molecule has 0 aliphatic carbocycles. The molecule has 0 aromatic heterocycles. The number of para-hydroxylation sites is 1. The van der Waals surface area contributed by atoms with Gasteiger partial charge in [0.25, 0.3) is 0 Å². The highest BCUT2D eigenvalue weighted by molar-refractivity contribution is 7.81. The number of anilines is 1. The van der Waals surface area contributed by atoms with Crippen LogP contribution in [0.3, 0.4) is 0 Å². The Kier molecular flexibility index (Phi) is 10.1. The summed E-state index contributed by atoms with van der Waals surface area (Å²) in [7, 11) is 0. The Morgan fingerprint density at radius 1 is 0.889 bits per heavy atom. The minimum atomic E-state index is -0.0625. The smallest absolute Gasteiger partial charge is 0.165 e. The molecule has 1 aromatic rings. The molecule has 27 heavy (non-hydrogen) atoms. The van der Waals surface area contributed by atoms with E-state index in [0.29, 0.717) is 0 Å². The molecule has 0 saturated carbocycles. The first-order chi connectivity index (χ1) is 13.1. The van der Waals surface area contributed by atoms with Gasteiger partial charge in [0, 0.05) is 6.42 Å². The van der Waals surface area contributed by atoms with Crippen LogP contribution >= 0.6 is 12.6 Å². The second-order valence-electron chi connectivity index (χ2n) is 7.93. The zero-order chi connectivity index (χ0) is 19.5.